The van der Waals surface area contributed by atoms with Crippen LogP contribution >= 0.6 is 23.2 Å². The van der Waals surface area contributed by atoms with Crippen molar-refractivity contribution in [2.75, 3.05) is 23.3 Å². The van der Waals surface area contributed by atoms with Crippen molar-refractivity contribution in [2.24, 2.45) is 7.05 Å². The van der Waals surface area contributed by atoms with E-state index in [1.807, 2.05) is 0 Å². The van der Waals surface area contributed by atoms with Gasteiger partial charge in [0.1, 0.15) is 5.15 Å². The highest BCUT2D eigenvalue weighted by Gasteiger charge is 2.35. The predicted octanol–water partition coefficient (Wildman–Crippen LogP) is 4.74. The maximum atomic E-state index is 13.7. The van der Waals surface area contributed by atoms with Crippen LogP contribution in [0.5, 0.6) is 0 Å². The first-order valence-electron chi connectivity index (χ1n) is 10.5. The van der Waals surface area contributed by atoms with Crippen molar-refractivity contribution in [3.05, 3.63) is 56.1 Å². The smallest absolute Gasteiger partial charge is 0.356 e. The normalized spacial score (nSPS) is 16.5. The van der Waals surface area contributed by atoms with Crippen LogP contribution in [0.1, 0.15) is 41.9 Å². The molecule has 1 aliphatic heterocycles. The summed E-state index contributed by atoms with van der Waals surface area (Å²) in [6.45, 7) is 1.88. The van der Waals surface area contributed by atoms with Gasteiger partial charge < -0.3 is 15.3 Å². The van der Waals surface area contributed by atoms with Gasteiger partial charge in [-0.3, -0.25) is 9.36 Å². The molecule has 0 spiro atoms. The Hall–Kier alpha value is -2.98. The van der Waals surface area contributed by atoms with E-state index in [-0.39, 0.29) is 59.4 Å². The monoisotopic (exact) mass is 511 g/mol. The summed E-state index contributed by atoms with van der Waals surface area (Å²) < 4.78 is 28.7. The van der Waals surface area contributed by atoms with Gasteiger partial charge in [-0.2, -0.15) is 0 Å². The topological polar surface area (TPSA) is 100 Å². The molecule has 0 bridgehead atoms. The third kappa shape index (κ3) is 4.65. The van der Waals surface area contributed by atoms with Gasteiger partial charge in [0.2, 0.25) is 5.95 Å². The number of alkyl halides is 2. The number of anilines is 2. The molecule has 8 nitrogen and oxygen atoms in total. The fourth-order valence-corrected chi connectivity index (χ4v) is 4.40. The number of benzene rings is 1. The zero-order chi connectivity index (χ0) is 24.8. The first-order chi connectivity index (χ1) is 16.0. The summed E-state index contributed by atoms with van der Waals surface area (Å²) >= 11 is 12.1. The van der Waals surface area contributed by atoms with Crippen molar-refractivity contribution in [1.29, 1.82) is 0 Å². The highest BCUT2D eigenvalue weighted by molar-refractivity contribution is 6.31. The number of piperidine rings is 1. The second-order valence-electron chi connectivity index (χ2n) is 8.21. The number of carboxylic acids is 1. The lowest BCUT2D eigenvalue weighted by Gasteiger charge is -2.33. The van der Waals surface area contributed by atoms with Crippen LogP contribution in [-0.4, -0.2) is 44.6 Å². The second kappa shape index (κ2) is 8.99. The minimum atomic E-state index is -2.74. The Balaban J connectivity index is 1.79. The van der Waals surface area contributed by atoms with E-state index in [4.69, 9.17) is 23.2 Å². The number of carboxylic acid groups (broad SMARTS) is 1. The third-order valence-corrected chi connectivity index (χ3v) is 6.26. The number of hydrogen-bond donors (Lipinski definition) is 2. The Morgan fingerprint density at radius 1 is 1.21 bits per heavy atom. The van der Waals surface area contributed by atoms with Crippen molar-refractivity contribution in [3.8, 4) is 0 Å². The molecule has 0 amide bonds. The molecule has 12 heteroatoms. The summed E-state index contributed by atoms with van der Waals surface area (Å²) in [5, 5.41) is 13.1. The Kier molecular flexibility index (Phi) is 6.39. The third-order valence-electron chi connectivity index (χ3n) is 5.83. The highest BCUT2D eigenvalue weighted by atomic mass is 35.5. The standard InChI is InChI=1S/C22H21Cl2F2N5O3/c1-11(27-15-3-4-16(24)28-18(15)20(33)34)13-9-12(23)10-14-17(13)29-21(30(2)19(14)32)31-7-5-22(25,26)6-8-31/h3-4,9-11,27H,5-8H2,1-2H3,(H,33,34). The van der Waals surface area contributed by atoms with Gasteiger partial charge in [-0.25, -0.2) is 23.5 Å². The molecule has 34 heavy (non-hydrogen) atoms. The van der Waals surface area contributed by atoms with E-state index in [9.17, 15) is 23.5 Å². The van der Waals surface area contributed by atoms with E-state index in [1.165, 1.54) is 29.8 Å². The fraction of sp³-hybridized carbons (Fsp3) is 0.364. The van der Waals surface area contributed by atoms with E-state index >= 15 is 0 Å². The number of fused-ring (bicyclic) bond motifs is 1. The lowest BCUT2D eigenvalue weighted by molar-refractivity contribution is -0.0223. The molecule has 180 valence electrons. The number of nitrogens with one attached hydrogen (secondary N) is 1. The number of aromatic carboxylic acids is 1. The Bertz CT molecular complexity index is 1340. The van der Waals surface area contributed by atoms with Crippen molar-refractivity contribution in [2.45, 2.75) is 31.7 Å². The zero-order valence-corrected chi connectivity index (χ0v) is 19.8. The molecule has 1 atom stereocenters. The number of halogens is 4. The molecule has 2 aromatic heterocycles. The fourth-order valence-electron chi connectivity index (χ4n) is 4.03. The predicted molar refractivity (Wildman–Crippen MR) is 127 cm³/mol. The van der Waals surface area contributed by atoms with E-state index < -0.39 is 17.9 Å². The summed E-state index contributed by atoms with van der Waals surface area (Å²) in [6.07, 6.45) is -0.651. The SMILES string of the molecule is CC(Nc1ccc(Cl)nc1C(=O)O)c1cc(Cl)cc2c(=O)n(C)c(N3CCC(F)(F)CC3)nc12. The van der Waals surface area contributed by atoms with Crippen molar-refractivity contribution >= 4 is 51.7 Å². The van der Waals surface area contributed by atoms with Gasteiger partial charge in [-0.1, -0.05) is 23.2 Å². The molecule has 1 unspecified atom stereocenters. The minimum Gasteiger partial charge on any atom is -0.476 e. The molecule has 1 aliphatic rings. The lowest BCUT2D eigenvalue weighted by atomic mass is 10.0. The van der Waals surface area contributed by atoms with Crippen LogP contribution in [0.25, 0.3) is 10.9 Å². The van der Waals surface area contributed by atoms with Crippen LogP contribution in [0.15, 0.2) is 29.1 Å². The van der Waals surface area contributed by atoms with E-state index in [0.29, 0.717) is 16.1 Å². The minimum absolute atomic E-state index is 0.0331. The maximum absolute atomic E-state index is 13.7. The van der Waals surface area contributed by atoms with Crippen LogP contribution in [0.2, 0.25) is 10.2 Å². The van der Waals surface area contributed by atoms with Crippen molar-refractivity contribution in [3.63, 3.8) is 0 Å². The van der Waals surface area contributed by atoms with Crippen molar-refractivity contribution in [1.82, 2.24) is 14.5 Å². The molecule has 3 heterocycles. The molecular formula is C22H21Cl2F2N5O3. The second-order valence-corrected chi connectivity index (χ2v) is 9.04. The van der Waals surface area contributed by atoms with Gasteiger partial charge in [0.25, 0.3) is 11.5 Å². The molecule has 0 aliphatic carbocycles. The van der Waals surface area contributed by atoms with Crippen LogP contribution in [0, 0.1) is 0 Å². The maximum Gasteiger partial charge on any atom is 0.356 e. The summed E-state index contributed by atoms with van der Waals surface area (Å²) in [7, 11) is 1.54. The van der Waals surface area contributed by atoms with Crippen molar-refractivity contribution < 1.29 is 18.7 Å². The Morgan fingerprint density at radius 2 is 1.88 bits per heavy atom. The van der Waals surface area contributed by atoms with Gasteiger partial charge in [-0.15, -0.1) is 0 Å². The largest absolute Gasteiger partial charge is 0.476 e. The number of hydrogen-bond acceptors (Lipinski definition) is 6. The molecule has 3 aromatic rings. The highest BCUT2D eigenvalue weighted by Crippen LogP contribution is 2.33. The van der Waals surface area contributed by atoms with Crippen LogP contribution < -0.4 is 15.8 Å². The van der Waals surface area contributed by atoms with Gasteiger partial charge >= 0.3 is 5.97 Å². The number of aromatic nitrogens is 3. The molecule has 0 saturated carbocycles. The molecular weight excluding hydrogens is 491 g/mol. The average molecular weight is 512 g/mol. The van der Waals surface area contributed by atoms with Crippen LogP contribution in [0.3, 0.4) is 0 Å². The average Bonchev–Trinajstić information content (AvgIpc) is 2.77. The lowest BCUT2D eigenvalue weighted by Crippen LogP contribution is -2.42. The number of pyridine rings is 1. The summed E-state index contributed by atoms with van der Waals surface area (Å²) in [4.78, 5) is 35.0. The Labute approximate surface area is 203 Å². The number of rotatable bonds is 5. The molecule has 1 fully saturated rings. The van der Waals surface area contributed by atoms with E-state index in [1.54, 1.807) is 17.9 Å². The summed E-state index contributed by atoms with van der Waals surface area (Å²) in [6, 6.07) is 5.54. The van der Waals surface area contributed by atoms with E-state index in [0.717, 1.165) is 0 Å². The van der Waals surface area contributed by atoms with Gasteiger partial charge in [0.05, 0.1) is 22.6 Å². The number of nitrogens with zero attached hydrogens (tertiary/aromatic N) is 4. The molecule has 4 rings (SSSR count). The summed E-state index contributed by atoms with van der Waals surface area (Å²) in [5.74, 6) is -3.72. The first kappa shape index (κ1) is 24.2. The van der Waals surface area contributed by atoms with Gasteiger partial charge in [0, 0.05) is 43.6 Å². The molecule has 2 N–H and O–H groups in total. The number of carbonyl (C=O) groups is 1. The molecule has 1 saturated heterocycles. The first-order valence-corrected chi connectivity index (χ1v) is 11.2. The van der Waals surface area contributed by atoms with Crippen LogP contribution in [0.4, 0.5) is 20.4 Å². The zero-order valence-electron chi connectivity index (χ0n) is 18.3. The quantitative estimate of drug-likeness (QED) is 0.477. The Morgan fingerprint density at radius 3 is 2.53 bits per heavy atom. The molecule has 1 aromatic carbocycles. The molecule has 0 radical (unpaired) electrons. The van der Waals surface area contributed by atoms with Gasteiger partial charge in [0.15, 0.2) is 5.69 Å². The van der Waals surface area contributed by atoms with Crippen LogP contribution in [-0.2, 0) is 7.05 Å². The summed E-state index contributed by atoms with van der Waals surface area (Å²) in [5.41, 5.74) is 0.478. The van der Waals surface area contributed by atoms with Gasteiger partial charge in [-0.05, 0) is 31.2 Å². The van der Waals surface area contributed by atoms with E-state index in [2.05, 4.69) is 15.3 Å².